The van der Waals surface area contributed by atoms with Gasteiger partial charge in [-0.1, -0.05) is 56.8 Å². The Morgan fingerprint density at radius 3 is 2.79 bits per heavy atom. The molecular formula is C18H20N4OS. The number of hydrogen-bond donors (Lipinski definition) is 0. The van der Waals surface area contributed by atoms with Gasteiger partial charge in [0.25, 0.3) is 5.56 Å². The van der Waals surface area contributed by atoms with Gasteiger partial charge in [0.1, 0.15) is 0 Å². The van der Waals surface area contributed by atoms with E-state index in [4.69, 9.17) is 4.98 Å². The molecule has 0 radical (unpaired) electrons. The lowest BCUT2D eigenvalue weighted by Crippen LogP contribution is -2.36. The molecule has 1 aliphatic carbocycles. The smallest absolute Gasteiger partial charge is 0.265 e. The van der Waals surface area contributed by atoms with E-state index in [2.05, 4.69) is 38.0 Å². The Labute approximate surface area is 144 Å². The summed E-state index contributed by atoms with van der Waals surface area (Å²) in [6, 6.07) is 8.24. The highest BCUT2D eigenvalue weighted by atomic mass is 32.2. The van der Waals surface area contributed by atoms with Gasteiger partial charge in [0.2, 0.25) is 5.78 Å². The fraction of sp³-hybridized carbons (Fsp3) is 0.389. The third-order valence-electron chi connectivity index (χ3n) is 4.64. The molecule has 0 spiro atoms. The highest BCUT2D eigenvalue weighted by Gasteiger charge is 2.36. The van der Waals surface area contributed by atoms with Gasteiger partial charge >= 0.3 is 0 Å². The van der Waals surface area contributed by atoms with Crippen molar-refractivity contribution in [1.29, 1.82) is 0 Å². The molecular weight excluding hydrogens is 320 g/mol. The minimum Gasteiger partial charge on any atom is -0.268 e. The van der Waals surface area contributed by atoms with E-state index in [-0.39, 0.29) is 11.0 Å². The lowest BCUT2D eigenvalue weighted by atomic mass is 9.72. The topological polar surface area (TPSA) is 52.2 Å². The summed E-state index contributed by atoms with van der Waals surface area (Å²) in [6.07, 6.45) is 0.843. The summed E-state index contributed by atoms with van der Waals surface area (Å²) in [5, 5.41) is 5.21. The Morgan fingerprint density at radius 2 is 2.04 bits per heavy atom. The van der Waals surface area contributed by atoms with Crippen molar-refractivity contribution in [2.24, 2.45) is 7.05 Å². The van der Waals surface area contributed by atoms with Gasteiger partial charge in [-0.15, -0.1) is 5.10 Å². The van der Waals surface area contributed by atoms with Crippen molar-refractivity contribution in [3.8, 4) is 11.3 Å². The molecule has 0 N–H and O–H groups in total. The maximum atomic E-state index is 13.4. The van der Waals surface area contributed by atoms with E-state index >= 15 is 0 Å². The third-order valence-corrected chi connectivity index (χ3v) is 5.45. The van der Waals surface area contributed by atoms with Crippen molar-refractivity contribution in [1.82, 2.24) is 19.2 Å². The molecule has 6 heteroatoms. The molecule has 0 saturated carbocycles. The maximum Gasteiger partial charge on any atom is 0.265 e. The summed E-state index contributed by atoms with van der Waals surface area (Å²) >= 11 is 1.57. The van der Waals surface area contributed by atoms with Crippen molar-refractivity contribution >= 4 is 17.5 Å². The largest absolute Gasteiger partial charge is 0.268 e. The van der Waals surface area contributed by atoms with E-state index in [0.29, 0.717) is 10.9 Å². The third kappa shape index (κ3) is 2.05. The van der Waals surface area contributed by atoms with Crippen LogP contribution in [0.2, 0.25) is 0 Å². The molecule has 24 heavy (non-hydrogen) atoms. The second kappa shape index (κ2) is 5.21. The van der Waals surface area contributed by atoms with Crippen molar-refractivity contribution in [2.75, 3.05) is 5.75 Å². The van der Waals surface area contributed by atoms with Gasteiger partial charge < -0.3 is 0 Å². The average molecular weight is 340 g/mol. The average Bonchev–Trinajstić information content (AvgIpc) is 2.83. The fourth-order valence-corrected chi connectivity index (χ4v) is 4.35. The first-order valence-corrected chi connectivity index (χ1v) is 9.14. The van der Waals surface area contributed by atoms with E-state index in [1.165, 1.54) is 5.56 Å². The number of fused-ring (bicyclic) bond motifs is 4. The number of aryl methyl sites for hydroxylation is 1. The number of nitrogens with zero attached hydrogens (tertiary/aromatic N) is 4. The van der Waals surface area contributed by atoms with E-state index in [1.54, 1.807) is 20.8 Å². The van der Waals surface area contributed by atoms with Gasteiger partial charge in [-0.3, -0.25) is 4.79 Å². The van der Waals surface area contributed by atoms with E-state index < -0.39 is 0 Å². The second-order valence-electron chi connectivity index (χ2n) is 6.83. The Kier molecular flexibility index (Phi) is 3.35. The van der Waals surface area contributed by atoms with Crippen molar-refractivity contribution in [2.45, 2.75) is 37.8 Å². The molecule has 5 nitrogen and oxygen atoms in total. The van der Waals surface area contributed by atoms with Crippen LogP contribution in [0, 0.1) is 0 Å². The monoisotopic (exact) mass is 340 g/mol. The summed E-state index contributed by atoms with van der Waals surface area (Å²) in [7, 11) is 1.84. The van der Waals surface area contributed by atoms with Gasteiger partial charge in [0.05, 0.1) is 11.3 Å². The molecule has 0 unspecified atom stereocenters. The molecule has 0 amide bonds. The molecule has 1 aliphatic rings. The van der Waals surface area contributed by atoms with Crippen LogP contribution in [0.5, 0.6) is 0 Å². The Morgan fingerprint density at radius 1 is 1.29 bits per heavy atom. The molecule has 0 aliphatic heterocycles. The van der Waals surface area contributed by atoms with Gasteiger partial charge in [0, 0.05) is 18.0 Å². The molecule has 1 aromatic carbocycles. The zero-order valence-electron chi connectivity index (χ0n) is 14.3. The van der Waals surface area contributed by atoms with Crippen LogP contribution in [0.25, 0.3) is 17.0 Å². The minimum absolute atomic E-state index is 0.0125. The van der Waals surface area contributed by atoms with Crippen LogP contribution in [0.4, 0.5) is 0 Å². The molecule has 0 bridgehead atoms. The Bertz CT molecular complexity index is 1020. The second-order valence-corrected chi connectivity index (χ2v) is 8.06. The highest BCUT2D eigenvalue weighted by molar-refractivity contribution is 7.99. The lowest BCUT2D eigenvalue weighted by Gasteiger charge is -2.32. The summed E-state index contributed by atoms with van der Waals surface area (Å²) < 4.78 is 3.37. The zero-order valence-corrected chi connectivity index (χ0v) is 15.1. The minimum atomic E-state index is -0.251. The predicted molar refractivity (Wildman–Crippen MR) is 96.8 cm³/mol. The number of aromatic nitrogens is 4. The van der Waals surface area contributed by atoms with Crippen LogP contribution in [-0.4, -0.2) is 24.9 Å². The summed E-state index contributed by atoms with van der Waals surface area (Å²) in [6.45, 7) is 6.31. The fourth-order valence-electron chi connectivity index (χ4n) is 3.61. The summed E-state index contributed by atoms with van der Waals surface area (Å²) in [5.41, 5.74) is 3.68. The van der Waals surface area contributed by atoms with Crippen LogP contribution < -0.4 is 5.56 Å². The number of benzene rings is 1. The van der Waals surface area contributed by atoms with Crippen LogP contribution in [0.15, 0.2) is 34.2 Å². The van der Waals surface area contributed by atoms with Gasteiger partial charge in [-0.05, 0) is 17.7 Å². The molecule has 3 aromatic rings. The first-order valence-electron chi connectivity index (χ1n) is 8.15. The van der Waals surface area contributed by atoms with Crippen LogP contribution in [0.3, 0.4) is 0 Å². The van der Waals surface area contributed by atoms with Gasteiger partial charge in [-0.25, -0.2) is 14.1 Å². The molecule has 4 rings (SSSR count). The van der Waals surface area contributed by atoms with Crippen molar-refractivity contribution in [3.05, 3.63) is 45.7 Å². The molecule has 2 aromatic heterocycles. The zero-order chi connectivity index (χ0) is 17.1. The number of rotatable bonds is 2. The quantitative estimate of drug-likeness (QED) is 0.673. The molecule has 0 saturated heterocycles. The predicted octanol–water partition coefficient (Wildman–Crippen LogP) is 3.04. The van der Waals surface area contributed by atoms with E-state index in [1.807, 2.05) is 19.2 Å². The van der Waals surface area contributed by atoms with Crippen LogP contribution >= 0.6 is 11.8 Å². The molecule has 124 valence electrons. The Balaban J connectivity index is 2.15. The normalized spacial score (nSPS) is 15.3. The first-order chi connectivity index (χ1) is 11.4. The highest BCUT2D eigenvalue weighted by Crippen LogP contribution is 2.40. The van der Waals surface area contributed by atoms with Crippen molar-refractivity contribution < 1.29 is 0 Å². The molecule has 0 fully saturated rings. The molecule has 0 atom stereocenters. The maximum absolute atomic E-state index is 13.4. The van der Waals surface area contributed by atoms with E-state index in [0.717, 1.165) is 29.0 Å². The van der Waals surface area contributed by atoms with Gasteiger partial charge in [-0.2, -0.15) is 0 Å². The van der Waals surface area contributed by atoms with Crippen LogP contribution in [0.1, 0.15) is 31.9 Å². The first kappa shape index (κ1) is 15.4. The SMILES string of the molecule is CCSc1nn(C)c2nc3c(c(=O)n12)C(C)(C)Cc1ccccc1-3. The van der Waals surface area contributed by atoms with Crippen LogP contribution in [-0.2, 0) is 18.9 Å². The summed E-state index contributed by atoms with van der Waals surface area (Å²) in [4.78, 5) is 18.2. The lowest BCUT2D eigenvalue weighted by molar-refractivity contribution is 0.505. The molecule has 2 heterocycles. The number of hydrogen-bond acceptors (Lipinski definition) is 4. The standard InChI is InChI=1S/C18H20N4OS/c1-5-24-17-20-21(4)16-19-14-12-9-7-6-8-11(12)10-18(2,3)13(14)15(23)22(16)17/h6-9H,5,10H2,1-4H3. The van der Waals surface area contributed by atoms with Gasteiger partial charge in [0.15, 0.2) is 5.16 Å². The summed E-state index contributed by atoms with van der Waals surface area (Å²) in [5.74, 6) is 1.46. The van der Waals surface area contributed by atoms with Crippen molar-refractivity contribution in [3.63, 3.8) is 0 Å². The number of thioether (sulfide) groups is 1. The van der Waals surface area contributed by atoms with E-state index in [9.17, 15) is 4.79 Å². The Hall–Kier alpha value is -2.08.